The van der Waals surface area contributed by atoms with Crippen LogP contribution < -0.4 is 0 Å². The molecule has 2 nitrogen and oxygen atoms in total. The molecule has 0 bridgehead atoms. The predicted molar refractivity (Wildman–Crippen MR) is 42.0 cm³/mol. The molecule has 0 saturated heterocycles. The van der Waals surface area contributed by atoms with E-state index in [-0.39, 0.29) is 0 Å². The van der Waals surface area contributed by atoms with Crippen LogP contribution in [-0.4, -0.2) is 12.7 Å². The fourth-order valence-corrected chi connectivity index (χ4v) is 0. The Morgan fingerprint density at radius 2 is 1.00 bits per heavy atom. The fourth-order valence-electron chi connectivity index (χ4n) is 0. The zero-order valence-corrected chi connectivity index (χ0v) is 8.29. The largest absolute Gasteiger partial charge is 0.317 e. The molecule has 0 N–H and O–H groups in total. The number of halogens is 5. The predicted octanol–water partition coefficient (Wildman–Crippen LogP) is 2.70. The lowest BCUT2D eigenvalue weighted by Crippen LogP contribution is -1.63. The molecule has 9 heavy (non-hydrogen) atoms. The Hall–Kier alpha value is 1.40. The van der Waals surface area contributed by atoms with Crippen molar-refractivity contribution in [2.24, 2.45) is 0 Å². The summed E-state index contributed by atoms with van der Waals surface area (Å²) in [5, 5.41) is 0. The topological polar surface area (TPSA) is 34.1 Å². The molecule has 0 unspecified atom stereocenters. The van der Waals surface area contributed by atoms with E-state index in [0.29, 0.717) is 0 Å². The summed E-state index contributed by atoms with van der Waals surface area (Å²) in [7, 11) is 4.81. The standard InChI is InChI=1S/CHCl3.Cl2O2S/c2-1(3)4;1-5(2,3)4/h1H;. The first kappa shape index (κ1) is 13.0. The molecule has 0 rings (SSSR count). The Labute approximate surface area is 76.9 Å². The van der Waals surface area contributed by atoms with Crippen molar-refractivity contribution in [3.63, 3.8) is 0 Å². The molecule has 8 heteroatoms. The minimum Gasteiger partial charge on any atom is -0.195 e. The zero-order chi connectivity index (χ0) is 8.08. The van der Waals surface area contributed by atoms with E-state index in [9.17, 15) is 0 Å². The molecule has 0 heterocycles. The smallest absolute Gasteiger partial charge is 0.195 e. The van der Waals surface area contributed by atoms with E-state index in [1.165, 1.54) is 0 Å². The lowest BCUT2D eigenvalue weighted by molar-refractivity contribution is 0.621. The van der Waals surface area contributed by atoms with Gasteiger partial charge in [-0.05, 0) is 0 Å². The van der Waals surface area contributed by atoms with Gasteiger partial charge < -0.3 is 0 Å². The Bertz CT molecular complexity index is 126. The number of alkyl halides is 3. The lowest BCUT2D eigenvalue weighted by atomic mass is 11.9. The van der Waals surface area contributed by atoms with Gasteiger partial charge in [-0.1, -0.05) is 34.8 Å². The summed E-state index contributed by atoms with van der Waals surface area (Å²) in [5.74, 6) is 0. The van der Waals surface area contributed by atoms with E-state index in [1.54, 1.807) is 0 Å². The van der Waals surface area contributed by atoms with E-state index in [4.69, 9.17) is 43.2 Å². The summed E-state index contributed by atoms with van der Waals surface area (Å²) in [6, 6.07) is 0. The van der Waals surface area contributed by atoms with Crippen molar-refractivity contribution < 1.29 is 8.42 Å². The van der Waals surface area contributed by atoms with Gasteiger partial charge >= 0.3 is 8.26 Å². The molecule has 0 aromatic rings. The fraction of sp³-hybridized carbons (Fsp3) is 1.00. The Balaban J connectivity index is 0. The Kier molecular flexibility index (Phi) is 8.87. The van der Waals surface area contributed by atoms with Gasteiger partial charge in [-0.2, -0.15) is 8.42 Å². The third kappa shape index (κ3) is 263. The molecule has 0 aromatic heterocycles. The van der Waals surface area contributed by atoms with Gasteiger partial charge in [0.2, 0.25) is 0 Å². The van der Waals surface area contributed by atoms with Crippen LogP contribution in [0, 0.1) is 0 Å². The highest BCUT2D eigenvalue weighted by atomic mass is 36.0. The second-order valence-corrected chi connectivity index (χ2v) is 6.27. The normalized spacial score (nSPS) is 10.4. The molecule has 58 valence electrons. The summed E-state index contributed by atoms with van der Waals surface area (Å²) in [6.07, 6.45) is 0. The van der Waals surface area contributed by atoms with Crippen LogP contribution in [0.25, 0.3) is 0 Å². The zero-order valence-electron chi connectivity index (χ0n) is 3.69. The molecule has 0 aromatic carbocycles. The van der Waals surface area contributed by atoms with Gasteiger partial charge in [-0.25, -0.2) is 0 Å². The van der Waals surface area contributed by atoms with E-state index >= 15 is 0 Å². The molecule has 0 radical (unpaired) electrons. The van der Waals surface area contributed by atoms with Gasteiger partial charge in [0.05, 0.1) is 0 Å². The van der Waals surface area contributed by atoms with Crippen LogP contribution in [0.2, 0.25) is 0 Å². The van der Waals surface area contributed by atoms with Crippen molar-refractivity contribution >= 4 is 64.4 Å². The van der Waals surface area contributed by atoms with Gasteiger partial charge in [0.1, 0.15) is 0 Å². The second kappa shape index (κ2) is 6.13. The van der Waals surface area contributed by atoms with E-state index in [0.717, 1.165) is 0 Å². The average molecular weight is 254 g/mol. The quantitative estimate of drug-likeness (QED) is 0.492. The summed E-state index contributed by atoms with van der Waals surface area (Å²) >= 11 is 14.4. The molecule has 0 saturated carbocycles. The van der Waals surface area contributed by atoms with Gasteiger partial charge in [-0.15, -0.1) is 0 Å². The highest BCUT2D eigenvalue weighted by molar-refractivity contribution is 8.31. The third-order valence-corrected chi connectivity index (χ3v) is 0. The molecule has 0 aliphatic carbocycles. The first-order valence-corrected chi connectivity index (χ1v) is 5.74. The average Bonchev–Trinajstić information content (AvgIpc) is 1.19. The van der Waals surface area contributed by atoms with Crippen LogP contribution in [0.15, 0.2) is 0 Å². The van der Waals surface area contributed by atoms with Crippen LogP contribution in [0.1, 0.15) is 0 Å². The van der Waals surface area contributed by atoms with Gasteiger partial charge in [0, 0.05) is 21.4 Å². The van der Waals surface area contributed by atoms with E-state index in [1.807, 2.05) is 0 Å². The first-order valence-electron chi connectivity index (χ1n) is 1.30. The number of hydrogen-bond acceptors (Lipinski definition) is 2. The summed E-state index contributed by atoms with van der Waals surface area (Å²) in [4.78, 5) is 0. The molecule has 0 atom stereocenters. The maximum Gasteiger partial charge on any atom is 0.317 e. The monoisotopic (exact) mass is 252 g/mol. The maximum atomic E-state index is 9.16. The van der Waals surface area contributed by atoms with Crippen LogP contribution in [0.5, 0.6) is 0 Å². The first-order chi connectivity index (χ1) is 3.73. The highest BCUT2D eigenvalue weighted by Gasteiger charge is 1.88. The Morgan fingerprint density at radius 3 is 1.00 bits per heavy atom. The SMILES string of the molecule is ClC(Cl)Cl.O=S(=O)(Cl)Cl. The molecule has 0 fully saturated rings. The molecule has 0 aliphatic rings. The Morgan fingerprint density at radius 1 is 1.00 bits per heavy atom. The summed E-state index contributed by atoms with van der Waals surface area (Å²) < 4.78 is 17.6. The lowest BCUT2D eigenvalue weighted by Gasteiger charge is -1.69. The highest BCUT2D eigenvalue weighted by Crippen LogP contribution is 2.03. The van der Waals surface area contributed by atoms with Crippen molar-refractivity contribution in [3.05, 3.63) is 0 Å². The van der Waals surface area contributed by atoms with Gasteiger partial charge in [0.15, 0.2) is 4.30 Å². The minimum atomic E-state index is -3.72. The minimum absolute atomic E-state index is 0.750. The van der Waals surface area contributed by atoms with Crippen LogP contribution in [0.3, 0.4) is 0 Å². The van der Waals surface area contributed by atoms with Crippen LogP contribution >= 0.6 is 56.2 Å². The van der Waals surface area contributed by atoms with Crippen molar-refractivity contribution in [2.75, 3.05) is 0 Å². The summed E-state index contributed by atoms with van der Waals surface area (Å²) in [5.41, 5.74) is 0. The van der Waals surface area contributed by atoms with Gasteiger partial charge in [0.25, 0.3) is 0 Å². The van der Waals surface area contributed by atoms with Crippen LogP contribution in [-0.2, 0) is 8.26 Å². The summed E-state index contributed by atoms with van der Waals surface area (Å²) in [6.45, 7) is 0. The van der Waals surface area contributed by atoms with Crippen molar-refractivity contribution in [2.45, 2.75) is 4.30 Å². The molecular weight excluding hydrogens is 253 g/mol. The van der Waals surface area contributed by atoms with Crippen molar-refractivity contribution in [1.29, 1.82) is 0 Å². The third-order valence-electron chi connectivity index (χ3n) is 0. The van der Waals surface area contributed by atoms with Gasteiger partial charge in [-0.3, -0.25) is 0 Å². The van der Waals surface area contributed by atoms with E-state index in [2.05, 4.69) is 21.4 Å². The molecule has 0 aliphatic heterocycles. The maximum absolute atomic E-state index is 9.16. The van der Waals surface area contributed by atoms with Crippen molar-refractivity contribution in [1.82, 2.24) is 0 Å². The molecular formula is CHCl5O2S. The second-order valence-electron chi connectivity index (χ2n) is 0.626. The van der Waals surface area contributed by atoms with Crippen molar-refractivity contribution in [3.8, 4) is 0 Å². The van der Waals surface area contributed by atoms with Crippen LogP contribution in [0.4, 0.5) is 0 Å². The van der Waals surface area contributed by atoms with E-state index < -0.39 is 12.6 Å². The number of rotatable bonds is 0. The number of hydrogen-bond donors (Lipinski definition) is 0. The molecule has 0 amide bonds. The molecule has 0 spiro atoms.